The quantitative estimate of drug-likeness (QED) is 0.665. The molecule has 0 aromatic carbocycles. The monoisotopic (exact) mass is 185 g/mol. The lowest BCUT2D eigenvalue weighted by atomic mass is 10.0. The van der Waals surface area contributed by atoms with Crippen molar-refractivity contribution in [3.63, 3.8) is 0 Å². The zero-order valence-electron chi connectivity index (χ0n) is 9.25. The molecule has 0 saturated carbocycles. The van der Waals surface area contributed by atoms with Gasteiger partial charge in [0.15, 0.2) is 0 Å². The van der Waals surface area contributed by atoms with Crippen molar-refractivity contribution in [1.82, 2.24) is 4.90 Å². The summed E-state index contributed by atoms with van der Waals surface area (Å²) in [4.78, 5) is 2.54. The van der Waals surface area contributed by atoms with Gasteiger partial charge in [-0.05, 0) is 31.8 Å². The first-order valence-corrected chi connectivity index (χ1v) is 5.49. The maximum atomic E-state index is 5.47. The number of likely N-dealkylation sites (tertiary alicyclic amines) is 1. The summed E-state index contributed by atoms with van der Waals surface area (Å²) in [5, 5.41) is 0. The molecular weight excluding hydrogens is 162 g/mol. The molecule has 13 heavy (non-hydrogen) atoms. The van der Waals surface area contributed by atoms with Crippen LogP contribution in [0.25, 0.3) is 0 Å². The van der Waals surface area contributed by atoms with E-state index in [-0.39, 0.29) is 0 Å². The fourth-order valence-electron chi connectivity index (χ4n) is 1.95. The van der Waals surface area contributed by atoms with E-state index in [0.717, 1.165) is 6.54 Å². The van der Waals surface area contributed by atoms with Crippen molar-refractivity contribution >= 4 is 0 Å². The number of hydrogen-bond acceptors (Lipinski definition) is 2. The van der Waals surface area contributed by atoms with Crippen LogP contribution in [0.1, 0.15) is 33.1 Å². The Balaban J connectivity index is 2.27. The summed E-state index contributed by atoms with van der Waals surface area (Å²) < 4.78 is 5.47. The van der Waals surface area contributed by atoms with Crippen LogP contribution >= 0.6 is 0 Å². The van der Waals surface area contributed by atoms with Crippen molar-refractivity contribution in [3.05, 3.63) is 0 Å². The molecule has 0 amide bonds. The van der Waals surface area contributed by atoms with Crippen molar-refractivity contribution in [1.29, 1.82) is 0 Å². The van der Waals surface area contributed by atoms with Gasteiger partial charge >= 0.3 is 0 Å². The molecule has 0 spiro atoms. The predicted octanol–water partition coefficient (Wildman–Crippen LogP) is 2.14. The second kappa shape index (κ2) is 5.61. The lowest BCUT2D eigenvalue weighted by molar-refractivity contribution is 0.0276. The lowest BCUT2D eigenvalue weighted by Crippen LogP contribution is -2.39. The highest BCUT2D eigenvalue weighted by atomic mass is 16.5. The van der Waals surface area contributed by atoms with E-state index in [4.69, 9.17) is 4.74 Å². The van der Waals surface area contributed by atoms with Crippen LogP contribution in [0.15, 0.2) is 0 Å². The normalized spacial score (nSPS) is 22.2. The van der Waals surface area contributed by atoms with Gasteiger partial charge in [-0.25, -0.2) is 0 Å². The van der Waals surface area contributed by atoms with E-state index in [2.05, 4.69) is 18.7 Å². The average Bonchev–Trinajstić information content (AvgIpc) is 2.15. The van der Waals surface area contributed by atoms with Crippen LogP contribution < -0.4 is 0 Å². The van der Waals surface area contributed by atoms with E-state index in [1.165, 1.54) is 32.4 Å². The summed E-state index contributed by atoms with van der Waals surface area (Å²) >= 11 is 0. The van der Waals surface area contributed by atoms with Crippen molar-refractivity contribution in [2.45, 2.75) is 39.2 Å². The van der Waals surface area contributed by atoms with Crippen molar-refractivity contribution in [2.24, 2.45) is 5.92 Å². The van der Waals surface area contributed by atoms with Gasteiger partial charge in [0.25, 0.3) is 0 Å². The second-order valence-electron chi connectivity index (χ2n) is 4.38. The summed E-state index contributed by atoms with van der Waals surface area (Å²) in [7, 11) is 1.83. The van der Waals surface area contributed by atoms with Crippen molar-refractivity contribution in [3.8, 4) is 0 Å². The van der Waals surface area contributed by atoms with Gasteiger partial charge in [-0.3, -0.25) is 0 Å². The minimum atomic E-state index is 0.415. The van der Waals surface area contributed by atoms with Crippen LogP contribution in [0, 0.1) is 5.92 Å². The largest absolute Gasteiger partial charge is 0.380 e. The Hall–Kier alpha value is -0.0800. The third-order valence-electron chi connectivity index (χ3n) is 2.93. The SMILES string of the molecule is COC(CN1CCCCC1)C(C)C. The van der Waals surface area contributed by atoms with Gasteiger partial charge in [-0.15, -0.1) is 0 Å². The molecule has 1 aliphatic heterocycles. The number of nitrogens with zero attached hydrogens (tertiary/aromatic N) is 1. The van der Waals surface area contributed by atoms with Crippen molar-refractivity contribution in [2.75, 3.05) is 26.7 Å². The summed E-state index contributed by atoms with van der Waals surface area (Å²) in [5.41, 5.74) is 0. The lowest BCUT2D eigenvalue weighted by Gasteiger charge is -2.31. The third kappa shape index (κ3) is 3.65. The van der Waals surface area contributed by atoms with Gasteiger partial charge in [-0.1, -0.05) is 20.3 Å². The summed E-state index contributed by atoms with van der Waals surface area (Å²) in [6.07, 6.45) is 4.57. The van der Waals surface area contributed by atoms with E-state index in [1.807, 2.05) is 7.11 Å². The number of rotatable bonds is 4. The van der Waals surface area contributed by atoms with Crippen LogP contribution in [0.2, 0.25) is 0 Å². The standard InChI is InChI=1S/C11H23NO/c1-10(2)11(13-3)9-12-7-5-4-6-8-12/h10-11H,4-9H2,1-3H3. The molecule has 0 aliphatic carbocycles. The van der Waals surface area contributed by atoms with E-state index in [1.54, 1.807) is 0 Å². The van der Waals surface area contributed by atoms with Crippen LogP contribution in [-0.4, -0.2) is 37.7 Å². The molecule has 1 aliphatic rings. The molecule has 1 rings (SSSR count). The molecule has 1 heterocycles. The van der Waals surface area contributed by atoms with Gasteiger partial charge in [0, 0.05) is 13.7 Å². The molecule has 78 valence electrons. The molecule has 2 nitrogen and oxygen atoms in total. The highest BCUT2D eigenvalue weighted by Gasteiger charge is 2.18. The molecule has 0 aromatic heterocycles. The Morgan fingerprint density at radius 2 is 1.77 bits per heavy atom. The fourth-order valence-corrected chi connectivity index (χ4v) is 1.95. The van der Waals surface area contributed by atoms with E-state index in [9.17, 15) is 0 Å². The molecule has 1 saturated heterocycles. The van der Waals surface area contributed by atoms with Crippen LogP contribution in [-0.2, 0) is 4.74 Å². The molecular formula is C11H23NO. The minimum absolute atomic E-state index is 0.415. The predicted molar refractivity (Wildman–Crippen MR) is 55.9 cm³/mol. The first-order chi connectivity index (χ1) is 6.24. The van der Waals surface area contributed by atoms with E-state index >= 15 is 0 Å². The molecule has 1 atom stereocenters. The zero-order valence-corrected chi connectivity index (χ0v) is 9.25. The molecule has 2 heteroatoms. The molecule has 1 unspecified atom stereocenters. The van der Waals surface area contributed by atoms with Gasteiger partial charge in [0.05, 0.1) is 6.10 Å². The summed E-state index contributed by atoms with van der Waals surface area (Å²) in [5.74, 6) is 0.631. The first-order valence-electron chi connectivity index (χ1n) is 5.49. The molecule has 0 N–H and O–H groups in total. The number of piperidine rings is 1. The van der Waals surface area contributed by atoms with Gasteiger partial charge in [0.2, 0.25) is 0 Å². The summed E-state index contributed by atoms with van der Waals surface area (Å²) in [6, 6.07) is 0. The Labute approximate surface area is 82.3 Å². The van der Waals surface area contributed by atoms with Crippen LogP contribution in [0.4, 0.5) is 0 Å². The van der Waals surface area contributed by atoms with Crippen LogP contribution in [0.3, 0.4) is 0 Å². The highest BCUT2D eigenvalue weighted by molar-refractivity contribution is 4.71. The van der Waals surface area contributed by atoms with E-state index < -0.39 is 0 Å². The molecule has 1 fully saturated rings. The molecule has 0 radical (unpaired) electrons. The number of hydrogen-bond donors (Lipinski definition) is 0. The average molecular weight is 185 g/mol. The Kier molecular flexibility index (Phi) is 4.74. The van der Waals surface area contributed by atoms with Crippen LogP contribution in [0.5, 0.6) is 0 Å². The number of ether oxygens (including phenoxy) is 1. The van der Waals surface area contributed by atoms with Crippen molar-refractivity contribution < 1.29 is 4.74 Å². The maximum absolute atomic E-state index is 5.47. The summed E-state index contributed by atoms with van der Waals surface area (Å²) in [6.45, 7) is 8.13. The third-order valence-corrected chi connectivity index (χ3v) is 2.93. The minimum Gasteiger partial charge on any atom is -0.380 e. The first kappa shape index (κ1) is 11.0. The molecule has 0 bridgehead atoms. The topological polar surface area (TPSA) is 12.5 Å². The van der Waals surface area contributed by atoms with Gasteiger partial charge in [0.1, 0.15) is 0 Å². The fraction of sp³-hybridized carbons (Fsp3) is 1.00. The Morgan fingerprint density at radius 3 is 2.23 bits per heavy atom. The molecule has 0 aromatic rings. The Bertz CT molecular complexity index is 130. The Morgan fingerprint density at radius 1 is 1.15 bits per heavy atom. The van der Waals surface area contributed by atoms with Gasteiger partial charge < -0.3 is 9.64 Å². The smallest absolute Gasteiger partial charge is 0.0721 e. The zero-order chi connectivity index (χ0) is 9.68. The van der Waals surface area contributed by atoms with E-state index in [0.29, 0.717) is 12.0 Å². The maximum Gasteiger partial charge on any atom is 0.0721 e. The second-order valence-corrected chi connectivity index (χ2v) is 4.38. The van der Waals surface area contributed by atoms with Gasteiger partial charge in [-0.2, -0.15) is 0 Å². The number of methoxy groups -OCH3 is 1. The highest BCUT2D eigenvalue weighted by Crippen LogP contribution is 2.13.